The van der Waals surface area contributed by atoms with Crippen LogP contribution in [0.1, 0.15) is 11.1 Å². The number of hydrogen-bond donors (Lipinski definition) is 0. The third kappa shape index (κ3) is 5.51. The molecule has 0 radical (unpaired) electrons. The van der Waals surface area contributed by atoms with Crippen LogP contribution in [0.2, 0.25) is 0 Å². The summed E-state index contributed by atoms with van der Waals surface area (Å²) in [4.78, 5) is 6.19. The van der Waals surface area contributed by atoms with Gasteiger partial charge in [-0.25, -0.2) is 13.8 Å². The van der Waals surface area contributed by atoms with Crippen molar-refractivity contribution in [3.8, 4) is 17.2 Å². The van der Waals surface area contributed by atoms with Crippen molar-refractivity contribution in [3.63, 3.8) is 0 Å². The largest absolute Gasteiger partial charge is 0.493 e. The fourth-order valence-corrected chi connectivity index (χ4v) is 4.68. The number of methoxy groups -OCH3 is 2. The normalized spacial score (nSPS) is 11.5. The van der Waals surface area contributed by atoms with Crippen LogP contribution in [0.5, 0.6) is 11.5 Å². The van der Waals surface area contributed by atoms with E-state index in [9.17, 15) is 22.0 Å². The lowest BCUT2D eigenvalue weighted by molar-refractivity contribution is -0.137. The summed E-state index contributed by atoms with van der Waals surface area (Å²) in [5, 5.41) is 0.338. The first-order valence-corrected chi connectivity index (χ1v) is 11.9. The summed E-state index contributed by atoms with van der Waals surface area (Å²) >= 11 is 1.06. The van der Waals surface area contributed by atoms with Gasteiger partial charge in [0.15, 0.2) is 16.7 Å². The number of nitrogens with zero attached hydrogens (tertiary/aromatic N) is 3. The van der Waals surface area contributed by atoms with Crippen LogP contribution in [-0.2, 0) is 11.9 Å². The zero-order chi connectivity index (χ0) is 26.7. The van der Waals surface area contributed by atoms with Crippen LogP contribution in [0.15, 0.2) is 72.0 Å². The van der Waals surface area contributed by atoms with Gasteiger partial charge in [0.2, 0.25) is 0 Å². The molecule has 4 aromatic rings. The molecule has 1 aromatic heterocycles. The Morgan fingerprint density at radius 1 is 0.919 bits per heavy atom. The van der Waals surface area contributed by atoms with Gasteiger partial charge in [-0.3, -0.25) is 4.57 Å². The van der Waals surface area contributed by atoms with Gasteiger partial charge in [-0.15, -0.1) is 0 Å². The van der Waals surface area contributed by atoms with Gasteiger partial charge in [0.25, 0.3) is 0 Å². The van der Waals surface area contributed by atoms with Crippen molar-refractivity contribution in [1.29, 1.82) is 0 Å². The van der Waals surface area contributed by atoms with Gasteiger partial charge in [0.05, 0.1) is 26.0 Å². The van der Waals surface area contributed by atoms with E-state index >= 15 is 0 Å². The van der Waals surface area contributed by atoms with Crippen molar-refractivity contribution in [2.24, 2.45) is 0 Å². The number of anilines is 2. The highest BCUT2D eigenvalue weighted by Crippen LogP contribution is 2.38. The molecular weight excluding hydrogens is 513 g/mol. The summed E-state index contributed by atoms with van der Waals surface area (Å²) in [5.74, 6) is 0.0561. The standard InChI is InChI=1S/C26H22F5N3O2S/c1-33(18-11-12-22(35-2)23(13-18)36-3)24-14-32-25(37-15-19-20(27)5-4-6-21(19)28)34(24)17-9-7-16(8-10-17)26(29,30)31/h4-14H,15H2,1-3H3. The molecule has 0 saturated carbocycles. The minimum Gasteiger partial charge on any atom is -0.493 e. The summed E-state index contributed by atoms with van der Waals surface area (Å²) in [6.45, 7) is 0. The van der Waals surface area contributed by atoms with Crippen LogP contribution in [-0.4, -0.2) is 30.8 Å². The molecule has 0 unspecified atom stereocenters. The quantitative estimate of drug-likeness (QED) is 0.176. The van der Waals surface area contributed by atoms with Crippen molar-refractivity contribution in [3.05, 3.63) is 89.6 Å². The zero-order valence-corrected chi connectivity index (χ0v) is 20.8. The molecule has 37 heavy (non-hydrogen) atoms. The predicted molar refractivity (Wildman–Crippen MR) is 132 cm³/mol. The van der Waals surface area contributed by atoms with E-state index in [0.29, 0.717) is 33.8 Å². The van der Waals surface area contributed by atoms with Crippen LogP contribution in [0.4, 0.5) is 33.5 Å². The molecule has 0 bridgehead atoms. The molecule has 11 heteroatoms. The molecule has 0 aliphatic rings. The Bertz CT molecular complexity index is 1370. The topological polar surface area (TPSA) is 39.5 Å². The van der Waals surface area contributed by atoms with E-state index in [1.54, 1.807) is 34.7 Å². The fourth-order valence-electron chi connectivity index (χ4n) is 3.68. The van der Waals surface area contributed by atoms with Gasteiger partial charge in [0, 0.05) is 35.8 Å². The molecule has 0 saturated heterocycles. The Balaban J connectivity index is 1.77. The van der Waals surface area contributed by atoms with Crippen LogP contribution in [0, 0.1) is 11.6 Å². The second-order valence-corrected chi connectivity index (χ2v) is 8.81. The van der Waals surface area contributed by atoms with Gasteiger partial charge in [0.1, 0.15) is 17.5 Å². The molecule has 0 aliphatic heterocycles. The Kier molecular flexibility index (Phi) is 7.63. The van der Waals surface area contributed by atoms with Crippen molar-refractivity contribution in [2.75, 3.05) is 26.2 Å². The number of halogens is 5. The summed E-state index contributed by atoms with van der Waals surface area (Å²) < 4.78 is 80.2. The fraction of sp³-hybridized carbons (Fsp3) is 0.192. The van der Waals surface area contributed by atoms with Crippen molar-refractivity contribution in [1.82, 2.24) is 9.55 Å². The number of hydrogen-bond acceptors (Lipinski definition) is 5. The highest BCUT2D eigenvalue weighted by molar-refractivity contribution is 7.98. The van der Waals surface area contributed by atoms with Crippen LogP contribution >= 0.6 is 11.8 Å². The lowest BCUT2D eigenvalue weighted by Gasteiger charge is -2.23. The molecule has 0 spiro atoms. The molecule has 0 amide bonds. The number of aromatic nitrogens is 2. The number of benzene rings is 3. The number of rotatable bonds is 8. The SMILES string of the molecule is COc1ccc(N(C)c2cnc(SCc3c(F)cccc3F)n2-c2ccc(C(F)(F)F)cc2)cc1OC. The molecular formula is C26H22F5N3O2S. The monoisotopic (exact) mass is 535 g/mol. The minimum absolute atomic E-state index is 0.0737. The van der Waals surface area contributed by atoms with Gasteiger partial charge < -0.3 is 14.4 Å². The first-order valence-electron chi connectivity index (χ1n) is 10.9. The van der Waals surface area contributed by atoms with Gasteiger partial charge in [-0.2, -0.15) is 13.2 Å². The van der Waals surface area contributed by atoms with Crippen LogP contribution in [0.25, 0.3) is 5.69 Å². The smallest absolute Gasteiger partial charge is 0.416 e. The predicted octanol–water partition coefficient (Wildman–Crippen LogP) is 7.25. The third-order valence-corrected chi connectivity index (χ3v) is 6.65. The Morgan fingerprint density at radius 2 is 1.57 bits per heavy atom. The zero-order valence-electron chi connectivity index (χ0n) is 20.0. The molecule has 0 aliphatic carbocycles. The molecule has 0 N–H and O–H groups in total. The Labute approximate surface area is 214 Å². The van der Waals surface area contributed by atoms with Crippen molar-refractivity contribution in [2.45, 2.75) is 17.1 Å². The second kappa shape index (κ2) is 10.7. The number of alkyl halides is 3. The van der Waals surface area contributed by atoms with E-state index < -0.39 is 23.4 Å². The summed E-state index contributed by atoms with van der Waals surface area (Å²) in [6, 6.07) is 13.4. The van der Waals surface area contributed by atoms with E-state index in [1.807, 2.05) is 0 Å². The van der Waals surface area contributed by atoms with E-state index in [2.05, 4.69) is 4.98 Å². The van der Waals surface area contributed by atoms with E-state index in [4.69, 9.17) is 9.47 Å². The average molecular weight is 536 g/mol. The second-order valence-electron chi connectivity index (χ2n) is 7.87. The van der Waals surface area contributed by atoms with Gasteiger partial charge in [-0.05, 0) is 48.5 Å². The van der Waals surface area contributed by atoms with E-state index in [-0.39, 0.29) is 11.3 Å². The molecule has 1 heterocycles. The maximum atomic E-state index is 14.2. The third-order valence-electron chi connectivity index (χ3n) is 5.67. The molecule has 194 valence electrons. The highest BCUT2D eigenvalue weighted by Gasteiger charge is 2.30. The molecule has 5 nitrogen and oxygen atoms in total. The summed E-state index contributed by atoms with van der Waals surface area (Å²) in [5.41, 5.74) is 0.157. The van der Waals surface area contributed by atoms with Crippen molar-refractivity contribution < 1.29 is 31.4 Å². The molecule has 0 atom stereocenters. The highest BCUT2D eigenvalue weighted by atomic mass is 32.2. The molecule has 3 aromatic carbocycles. The van der Waals surface area contributed by atoms with E-state index in [1.165, 1.54) is 38.6 Å². The maximum absolute atomic E-state index is 14.2. The average Bonchev–Trinajstić information content (AvgIpc) is 3.31. The molecule has 0 fully saturated rings. The van der Waals surface area contributed by atoms with Crippen molar-refractivity contribution >= 4 is 23.3 Å². The number of imidazole rings is 1. The maximum Gasteiger partial charge on any atom is 0.416 e. The summed E-state index contributed by atoms with van der Waals surface area (Å²) in [7, 11) is 4.78. The lowest BCUT2D eigenvalue weighted by atomic mass is 10.2. The lowest BCUT2D eigenvalue weighted by Crippen LogP contribution is -2.15. The molecule has 4 rings (SSSR count). The minimum atomic E-state index is -4.49. The first-order chi connectivity index (χ1) is 17.6. The summed E-state index contributed by atoms with van der Waals surface area (Å²) in [6.07, 6.45) is -2.96. The van der Waals surface area contributed by atoms with Gasteiger partial charge >= 0.3 is 6.18 Å². The Morgan fingerprint density at radius 3 is 2.16 bits per heavy atom. The number of thioether (sulfide) groups is 1. The van der Waals surface area contributed by atoms with Gasteiger partial charge in [-0.1, -0.05) is 17.8 Å². The first kappa shape index (κ1) is 26.3. The van der Waals surface area contributed by atoms with E-state index in [0.717, 1.165) is 36.0 Å². The van der Waals surface area contributed by atoms with Crippen LogP contribution in [0.3, 0.4) is 0 Å². The number of ether oxygens (including phenoxy) is 2. The Hall–Kier alpha value is -3.73. The van der Waals surface area contributed by atoms with Crippen LogP contribution < -0.4 is 14.4 Å².